The monoisotopic (exact) mass is 241 g/mol. The smallest absolute Gasteiger partial charge is 0.167 e. The number of hydrogen-bond donors (Lipinski definition) is 1. The van der Waals surface area contributed by atoms with E-state index in [1.807, 2.05) is 20.8 Å². The van der Waals surface area contributed by atoms with Crippen LogP contribution in [0.15, 0.2) is 18.2 Å². The average Bonchev–Trinajstić information content (AvgIpc) is 2.30. The molecule has 1 atom stereocenters. The van der Waals surface area contributed by atoms with E-state index in [4.69, 9.17) is 9.47 Å². The normalized spacial score (nSPS) is 12.2. The van der Waals surface area contributed by atoms with Crippen molar-refractivity contribution in [1.82, 2.24) is 0 Å². The fraction of sp³-hybridized carbons (Fsp3) is 0.538. The van der Waals surface area contributed by atoms with Crippen LogP contribution in [0, 0.1) is 5.82 Å². The maximum absolute atomic E-state index is 13.5. The zero-order valence-electron chi connectivity index (χ0n) is 10.6. The van der Waals surface area contributed by atoms with Crippen molar-refractivity contribution < 1.29 is 13.9 Å². The van der Waals surface area contributed by atoms with Gasteiger partial charge in [-0.25, -0.2) is 4.39 Å². The van der Waals surface area contributed by atoms with Crippen molar-refractivity contribution in [1.29, 1.82) is 0 Å². The molecule has 0 spiro atoms. The quantitative estimate of drug-likeness (QED) is 0.795. The van der Waals surface area contributed by atoms with E-state index in [1.165, 1.54) is 6.07 Å². The molecule has 17 heavy (non-hydrogen) atoms. The van der Waals surface area contributed by atoms with Crippen LogP contribution in [0.2, 0.25) is 0 Å². The van der Waals surface area contributed by atoms with Gasteiger partial charge in [-0.05, 0) is 32.9 Å². The molecule has 3 nitrogen and oxygen atoms in total. The molecule has 1 aromatic carbocycles. The van der Waals surface area contributed by atoms with E-state index < -0.39 is 0 Å². The average molecular weight is 241 g/mol. The van der Waals surface area contributed by atoms with E-state index in [-0.39, 0.29) is 17.6 Å². The fourth-order valence-electron chi connectivity index (χ4n) is 1.48. The summed E-state index contributed by atoms with van der Waals surface area (Å²) in [5.41, 5.74) is 0.734. The maximum atomic E-state index is 13.5. The predicted octanol–water partition coefficient (Wildman–Crippen LogP) is 3.06. The van der Waals surface area contributed by atoms with Crippen molar-refractivity contribution in [2.24, 2.45) is 0 Å². The first-order chi connectivity index (χ1) is 8.17. The van der Waals surface area contributed by atoms with Gasteiger partial charge in [-0.3, -0.25) is 0 Å². The number of nitrogens with one attached hydrogen (secondary N) is 1. The highest BCUT2D eigenvalue weighted by Gasteiger charge is 2.06. The molecule has 0 heterocycles. The van der Waals surface area contributed by atoms with Gasteiger partial charge in [0.1, 0.15) is 0 Å². The lowest BCUT2D eigenvalue weighted by molar-refractivity contribution is 0.141. The molecule has 0 aliphatic rings. The Morgan fingerprint density at radius 3 is 2.65 bits per heavy atom. The van der Waals surface area contributed by atoms with Crippen molar-refractivity contribution in [3.8, 4) is 5.75 Å². The van der Waals surface area contributed by atoms with Crippen LogP contribution in [0.4, 0.5) is 10.1 Å². The molecule has 0 saturated carbocycles. The molecule has 1 unspecified atom stereocenters. The first-order valence-corrected chi connectivity index (χ1v) is 5.94. The highest BCUT2D eigenvalue weighted by molar-refractivity contribution is 5.47. The molecule has 0 aromatic heterocycles. The van der Waals surface area contributed by atoms with Crippen molar-refractivity contribution in [2.45, 2.75) is 26.8 Å². The number of halogens is 1. The van der Waals surface area contributed by atoms with Gasteiger partial charge in [0, 0.05) is 24.4 Å². The zero-order valence-corrected chi connectivity index (χ0v) is 10.6. The summed E-state index contributed by atoms with van der Waals surface area (Å²) in [6.07, 6.45) is 0. The first-order valence-electron chi connectivity index (χ1n) is 5.94. The summed E-state index contributed by atoms with van der Waals surface area (Å²) in [5.74, 6) is -0.0593. The van der Waals surface area contributed by atoms with E-state index in [1.54, 1.807) is 12.1 Å². The number of ether oxygens (including phenoxy) is 2. The lowest BCUT2D eigenvalue weighted by Crippen LogP contribution is -2.21. The minimum absolute atomic E-state index is 0.146. The second-order valence-corrected chi connectivity index (χ2v) is 3.78. The van der Waals surface area contributed by atoms with Crippen LogP contribution in [-0.2, 0) is 4.74 Å². The predicted molar refractivity (Wildman–Crippen MR) is 67.1 cm³/mol. The van der Waals surface area contributed by atoms with Crippen LogP contribution in [0.1, 0.15) is 20.8 Å². The van der Waals surface area contributed by atoms with Gasteiger partial charge in [0.05, 0.1) is 13.2 Å². The highest BCUT2D eigenvalue weighted by atomic mass is 19.1. The van der Waals surface area contributed by atoms with Gasteiger partial charge in [0.25, 0.3) is 0 Å². The van der Waals surface area contributed by atoms with Crippen molar-refractivity contribution in [3.05, 3.63) is 24.0 Å². The molecule has 0 fully saturated rings. The Kier molecular flexibility index (Phi) is 5.77. The van der Waals surface area contributed by atoms with Crippen molar-refractivity contribution in [2.75, 3.05) is 25.1 Å². The molecule has 0 aliphatic heterocycles. The van der Waals surface area contributed by atoms with Gasteiger partial charge in [0.2, 0.25) is 0 Å². The van der Waals surface area contributed by atoms with Gasteiger partial charge in [-0.15, -0.1) is 0 Å². The lowest BCUT2D eigenvalue weighted by Gasteiger charge is -2.15. The van der Waals surface area contributed by atoms with Crippen molar-refractivity contribution >= 4 is 5.69 Å². The second kappa shape index (κ2) is 7.12. The third-order valence-electron chi connectivity index (χ3n) is 2.22. The second-order valence-electron chi connectivity index (χ2n) is 3.78. The lowest BCUT2D eigenvalue weighted by atomic mass is 10.2. The standard InChI is InChI=1S/C13H20FNO2/c1-4-16-9-10(3)15-11-6-7-13(17-5-2)12(14)8-11/h6-8,10,15H,4-5,9H2,1-3H3. The van der Waals surface area contributed by atoms with Crippen LogP contribution in [-0.4, -0.2) is 25.9 Å². The molecule has 1 rings (SSSR count). The number of rotatable bonds is 7. The van der Waals surface area contributed by atoms with E-state index in [2.05, 4.69) is 5.32 Å². The van der Waals surface area contributed by atoms with Gasteiger partial charge in [0.15, 0.2) is 11.6 Å². The maximum Gasteiger partial charge on any atom is 0.167 e. The third kappa shape index (κ3) is 4.61. The number of benzene rings is 1. The molecule has 0 radical (unpaired) electrons. The molecule has 0 bridgehead atoms. The molecule has 1 N–H and O–H groups in total. The Balaban J connectivity index is 2.57. The zero-order chi connectivity index (χ0) is 12.7. The summed E-state index contributed by atoms with van der Waals surface area (Å²) in [4.78, 5) is 0. The minimum Gasteiger partial charge on any atom is -0.491 e. The highest BCUT2D eigenvalue weighted by Crippen LogP contribution is 2.21. The molecule has 0 aliphatic carbocycles. The topological polar surface area (TPSA) is 30.5 Å². The Morgan fingerprint density at radius 2 is 2.06 bits per heavy atom. The van der Waals surface area contributed by atoms with Crippen LogP contribution in [0.25, 0.3) is 0 Å². The number of anilines is 1. The molecule has 1 aromatic rings. The summed E-state index contributed by atoms with van der Waals surface area (Å²) in [6.45, 7) is 7.52. The van der Waals surface area contributed by atoms with Gasteiger partial charge in [-0.2, -0.15) is 0 Å². The van der Waals surface area contributed by atoms with Crippen molar-refractivity contribution in [3.63, 3.8) is 0 Å². The largest absolute Gasteiger partial charge is 0.491 e. The van der Waals surface area contributed by atoms with Gasteiger partial charge < -0.3 is 14.8 Å². The van der Waals surface area contributed by atoms with E-state index in [0.29, 0.717) is 19.8 Å². The molecule has 0 saturated heterocycles. The first kappa shape index (κ1) is 13.8. The minimum atomic E-state index is -0.347. The van der Waals surface area contributed by atoms with Gasteiger partial charge >= 0.3 is 0 Å². The van der Waals surface area contributed by atoms with Crippen LogP contribution < -0.4 is 10.1 Å². The van der Waals surface area contributed by atoms with E-state index >= 15 is 0 Å². The third-order valence-corrected chi connectivity index (χ3v) is 2.22. The Labute approximate surface area is 102 Å². The fourth-order valence-corrected chi connectivity index (χ4v) is 1.48. The SMILES string of the molecule is CCOCC(C)Nc1ccc(OCC)c(F)c1. The Bertz CT molecular complexity index is 344. The van der Waals surface area contributed by atoms with Crippen LogP contribution in [0.3, 0.4) is 0 Å². The van der Waals surface area contributed by atoms with Crippen LogP contribution in [0.5, 0.6) is 5.75 Å². The summed E-state index contributed by atoms with van der Waals surface area (Å²) < 4.78 is 24.0. The summed E-state index contributed by atoms with van der Waals surface area (Å²) in [6, 6.07) is 5.02. The molecule has 0 amide bonds. The molecule has 96 valence electrons. The van der Waals surface area contributed by atoms with Gasteiger partial charge in [-0.1, -0.05) is 0 Å². The summed E-state index contributed by atoms with van der Waals surface area (Å²) in [7, 11) is 0. The van der Waals surface area contributed by atoms with Crippen LogP contribution >= 0.6 is 0 Å². The Hall–Kier alpha value is -1.29. The molecular formula is C13H20FNO2. The summed E-state index contributed by atoms with van der Waals surface area (Å²) >= 11 is 0. The summed E-state index contributed by atoms with van der Waals surface area (Å²) in [5, 5.41) is 3.17. The molecule has 4 heteroatoms. The Morgan fingerprint density at radius 1 is 1.29 bits per heavy atom. The van der Waals surface area contributed by atoms with E-state index in [0.717, 1.165) is 5.69 Å². The number of hydrogen-bond acceptors (Lipinski definition) is 3. The van der Waals surface area contributed by atoms with E-state index in [9.17, 15) is 4.39 Å². The molecular weight excluding hydrogens is 221 g/mol.